The van der Waals surface area contributed by atoms with Crippen LogP contribution >= 0.6 is 0 Å². The summed E-state index contributed by atoms with van der Waals surface area (Å²) in [6, 6.07) is -5.44. The maximum Gasteiger partial charge on any atom is 0.397 e. The van der Waals surface area contributed by atoms with Crippen molar-refractivity contribution in [2.24, 2.45) is 0 Å². The van der Waals surface area contributed by atoms with Crippen molar-refractivity contribution in [3.05, 3.63) is 0 Å². The number of carbonyl (C=O) groups excluding carboxylic acids is 3. The molecular formula is C42H73N3O37S2. The van der Waals surface area contributed by atoms with Crippen molar-refractivity contribution in [2.75, 3.05) is 46.2 Å². The Morgan fingerprint density at radius 3 is 1.33 bits per heavy atom. The summed E-state index contributed by atoms with van der Waals surface area (Å²) in [4.78, 5) is 37.2. The van der Waals surface area contributed by atoms with Crippen molar-refractivity contribution in [3.8, 4) is 0 Å². The van der Waals surface area contributed by atoms with Crippen LogP contribution < -0.4 is 16.0 Å². The monoisotopic (exact) mass is 1280 g/mol. The van der Waals surface area contributed by atoms with Gasteiger partial charge in [0.1, 0.15) is 140 Å². The maximum absolute atomic E-state index is 12.6. The molecule has 29 atom stereocenters. The molecule has 42 heteroatoms. The fraction of sp³-hybridized carbons (Fsp3) is 0.929. The topological polar surface area (TPSA) is 630 Å². The minimum absolute atomic E-state index is 0.824. The smallest absolute Gasteiger partial charge is 0.394 e. The third-order valence-electron chi connectivity index (χ3n) is 13.7. The third kappa shape index (κ3) is 18.4. The van der Waals surface area contributed by atoms with Gasteiger partial charge in [0.25, 0.3) is 0 Å². The van der Waals surface area contributed by atoms with Gasteiger partial charge in [-0.2, -0.15) is 16.8 Å². The highest BCUT2D eigenvalue weighted by Crippen LogP contribution is 2.36. The molecule has 0 aromatic heterocycles. The van der Waals surface area contributed by atoms with E-state index in [-0.39, 0.29) is 0 Å². The van der Waals surface area contributed by atoms with Crippen LogP contribution in [-0.2, 0) is 90.9 Å². The highest BCUT2D eigenvalue weighted by atomic mass is 32.3. The van der Waals surface area contributed by atoms with E-state index >= 15 is 0 Å². The van der Waals surface area contributed by atoms with Crippen LogP contribution in [0, 0.1) is 0 Å². The van der Waals surface area contributed by atoms with Crippen molar-refractivity contribution in [2.45, 2.75) is 199 Å². The first kappa shape index (κ1) is 71.9. The van der Waals surface area contributed by atoms with E-state index in [0.717, 1.165) is 20.8 Å². The Hall–Kier alpha value is -2.89. The van der Waals surface area contributed by atoms with E-state index in [1.54, 1.807) is 0 Å². The van der Waals surface area contributed by atoms with Crippen molar-refractivity contribution in [3.63, 3.8) is 0 Å². The summed E-state index contributed by atoms with van der Waals surface area (Å²) in [6.45, 7) is -5.07. The first-order chi connectivity index (χ1) is 39.2. The highest BCUT2D eigenvalue weighted by Gasteiger charge is 2.57. The van der Waals surface area contributed by atoms with Crippen LogP contribution in [0.2, 0.25) is 0 Å². The number of hydrogen-bond donors (Lipinski definition) is 21. The lowest BCUT2D eigenvalue weighted by atomic mass is 9.94. The normalized spacial score (nSPS) is 41.1. The number of rotatable bonds is 27. The summed E-state index contributed by atoms with van der Waals surface area (Å²) < 4.78 is 129. The second kappa shape index (κ2) is 31.0. The Balaban J connectivity index is 1.39. The van der Waals surface area contributed by atoms with E-state index < -0.39 is 263 Å². The molecule has 0 radical (unpaired) electrons. The fourth-order valence-corrected chi connectivity index (χ4v) is 10.1. The van der Waals surface area contributed by atoms with Crippen molar-refractivity contribution >= 4 is 38.5 Å². The summed E-state index contributed by atoms with van der Waals surface area (Å²) in [5, 5.41) is 180. The molecule has 3 amide bonds. The number of carbonyl (C=O) groups is 3. The Morgan fingerprint density at radius 2 is 0.881 bits per heavy atom. The molecule has 0 saturated carbocycles. The highest BCUT2D eigenvalue weighted by molar-refractivity contribution is 7.81. The van der Waals surface area contributed by atoms with Gasteiger partial charge < -0.3 is 145 Å². The molecule has 0 spiro atoms. The summed E-state index contributed by atoms with van der Waals surface area (Å²) in [5.41, 5.74) is 0. The molecule has 29 unspecified atom stereocenters. The molecule has 5 aliphatic rings. The first-order valence-corrected chi connectivity index (χ1v) is 28.1. The molecule has 0 aromatic rings. The standard InChI is InChI=1S/C42H73N3O37S2/c1-11(50)43-14(4-46)34(79-40-31(62)29(60)24(55)16(5-47)74-40)23(54)15(53)8-71-38-21(44-12(2)51)27(58)35(17(6-48)75-38)81-42-33(64)37(26(57)20(78-42)10-73-84(68,69)70)82-39-22(45-13(3)52)28(59)36(18(7-49)76-39)80-41-32(63)30(61)25(56)19(77-41)9-72-83(65,66)67/h14-42,46-49,53-64H,4-10H2,1-3H3,(H,43,50)(H,44,51)(H,45,52)(H,65,66,67)(H,68,69,70). The molecule has 490 valence electrons. The third-order valence-corrected chi connectivity index (χ3v) is 14.5. The van der Waals surface area contributed by atoms with Crippen LogP contribution in [0.15, 0.2) is 0 Å². The lowest BCUT2D eigenvalue weighted by molar-refractivity contribution is -0.377. The van der Waals surface area contributed by atoms with Crippen molar-refractivity contribution in [1.29, 1.82) is 0 Å². The second-order valence-electron chi connectivity index (χ2n) is 19.8. The van der Waals surface area contributed by atoms with Gasteiger partial charge in [0.05, 0.1) is 52.3 Å². The van der Waals surface area contributed by atoms with Gasteiger partial charge in [0, 0.05) is 20.8 Å². The summed E-state index contributed by atoms with van der Waals surface area (Å²) >= 11 is 0. The predicted octanol–water partition coefficient (Wildman–Crippen LogP) is -14.4. The number of hydrogen-bond acceptors (Lipinski definition) is 35. The number of aliphatic hydroxyl groups is 16. The SMILES string of the molecule is CC(=O)NC(CO)C(OC1OC(CO)C(O)C(O)C1O)C(O)C(O)COC1OC(CO)C(OC2OC(COS(=O)(=O)O)C(O)C(OC3OC(CO)C(OC4OC(COS(=O)(=O)O)C(O)C(O)C4O)C(O)C3NC(C)=O)C2O)C(O)C1NC(C)=O. The molecule has 0 bridgehead atoms. The predicted molar refractivity (Wildman–Crippen MR) is 257 cm³/mol. The number of nitrogens with one attached hydrogen (secondary N) is 3. The van der Waals surface area contributed by atoms with Gasteiger partial charge in [-0.25, -0.2) is 8.37 Å². The Bertz CT molecular complexity index is 2340. The molecule has 5 rings (SSSR count). The number of aliphatic hydroxyl groups excluding tert-OH is 16. The minimum Gasteiger partial charge on any atom is -0.394 e. The Morgan fingerprint density at radius 1 is 0.476 bits per heavy atom. The molecule has 21 N–H and O–H groups in total. The number of amides is 3. The van der Waals surface area contributed by atoms with Crippen LogP contribution in [0.5, 0.6) is 0 Å². The van der Waals surface area contributed by atoms with Gasteiger partial charge in [-0.3, -0.25) is 23.5 Å². The van der Waals surface area contributed by atoms with Crippen LogP contribution in [-0.4, -0.2) is 349 Å². The molecule has 5 fully saturated rings. The molecule has 5 heterocycles. The van der Waals surface area contributed by atoms with Crippen LogP contribution in [0.25, 0.3) is 0 Å². The van der Waals surface area contributed by atoms with E-state index in [4.69, 9.17) is 51.9 Å². The largest absolute Gasteiger partial charge is 0.397 e. The average molecular weight is 1280 g/mol. The van der Waals surface area contributed by atoms with Gasteiger partial charge >= 0.3 is 20.8 Å². The second-order valence-corrected chi connectivity index (χ2v) is 22.0. The van der Waals surface area contributed by atoms with Gasteiger partial charge in [0.15, 0.2) is 31.5 Å². The maximum atomic E-state index is 12.6. The van der Waals surface area contributed by atoms with E-state index in [0.29, 0.717) is 0 Å². The Labute approximate surface area is 476 Å². The zero-order valence-corrected chi connectivity index (χ0v) is 45.9. The lowest BCUT2D eigenvalue weighted by Crippen LogP contribution is -2.70. The Kier molecular flexibility index (Phi) is 26.5. The molecule has 0 aliphatic carbocycles. The van der Waals surface area contributed by atoms with Gasteiger partial charge in [-0.15, -0.1) is 0 Å². The van der Waals surface area contributed by atoms with Gasteiger partial charge in [0.2, 0.25) is 17.7 Å². The molecule has 84 heavy (non-hydrogen) atoms. The molecule has 5 aliphatic heterocycles. The number of ether oxygens (including phenoxy) is 10. The average Bonchev–Trinajstić information content (AvgIpc) is 1.29. The van der Waals surface area contributed by atoms with E-state index in [1.165, 1.54) is 0 Å². The molecular weight excluding hydrogens is 1200 g/mol. The summed E-state index contributed by atoms with van der Waals surface area (Å²) in [5.74, 6) is -2.72. The first-order valence-electron chi connectivity index (χ1n) is 25.3. The van der Waals surface area contributed by atoms with Crippen molar-refractivity contribution in [1.82, 2.24) is 16.0 Å². The van der Waals surface area contributed by atoms with E-state index in [2.05, 4.69) is 24.3 Å². The van der Waals surface area contributed by atoms with E-state index in [1.807, 2.05) is 0 Å². The quantitative estimate of drug-likeness (QED) is 0.0340. The van der Waals surface area contributed by atoms with Gasteiger partial charge in [-0.1, -0.05) is 0 Å². The zero-order valence-electron chi connectivity index (χ0n) is 44.3. The molecule has 0 aromatic carbocycles. The fourth-order valence-electron chi connectivity index (χ4n) is 9.51. The lowest BCUT2D eigenvalue weighted by Gasteiger charge is -2.50. The van der Waals surface area contributed by atoms with Crippen LogP contribution in [0.4, 0.5) is 0 Å². The summed E-state index contributed by atoms with van der Waals surface area (Å²) in [6.07, 6.45) is -54.3. The molecule has 40 nitrogen and oxygen atoms in total. The minimum atomic E-state index is -5.37. The zero-order chi connectivity index (χ0) is 63.0. The molecule has 5 saturated heterocycles. The summed E-state index contributed by atoms with van der Waals surface area (Å²) in [7, 11) is -10.5. The van der Waals surface area contributed by atoms with Gasteiger partial charge in [-0.05, 0) is 0 Å². The van der Waals surface area contributed by atoms with E-state index in [9.17, 15) is 117 Å². The van der Waals surface area contributed by atoms with Crippen molar-refractivity contribution < 1.29 is 178 Å². The van der Waals surface area contributed by atoms with Crippen LogP contribution in [0.1, 0.15) is 20.8 Å². The van der Waals surface area contributed by atoms with Crippen LogP contribution in [0.3, 0.4) is 0 Å².